The van der Waals surface area contributed by atoms with Crippen molar-refractivity contribution in [3.05, 3.63) is 41.5 Å². The Kier molecular flexibility index (Phi) is 6.18. The third-order valence-corrected chi connectivity index (χ3v) is 6.16. The van der Waals surface area contributed by atoms with Crippen LogP contribution in [0.1, 0.15) is 62.1 Å². The second-order valence-corrected chi connectivity index (χ2v) is 8.87. The summed E-state index contributed by atoms with van der Waals surface area (Å²) in [6, 6.07) is 8.52. The van der Waals surface area contributed by atoms with Crippen LogP contribution in [-0.2, 0) is 6.42 Å². The van der Waals surface area contributed by atoms with E-state index in [9.17, 15) is 0 Å². The largest absolute Gasteiger partial charge is 0.341 e. The summed E-state index contributed by atoms with van der Waals surface area (Å²) in [4.78, 5) is 6.88. The fourth-order valence-electron chi connectivity index (χ4n) is 3.52. The first-order valence-electron chi connectivity index (χ1n) is 10.4. The number of aryl methyl sites for hydroxylation is 2. The van der Waals surface area contributed by atoms with Crippen molar-refractivity contribution in [2.24, 2.45) is 0 Å². The zero-order valence-electron chi connectivity index (χ0n) is 17.3. The van der Waals surface area contributed by atoms with E-state index in [2.05, 4.69) is 74.8 Å². The molecule has 29 heavy (non-hydrogen) atoms. The molecule has 1 fully saturated rings. The van der Waals surface area contributed by atoms with Crippen molar-refractivity contribution < 1.29 is 4.52 Å². The topological polar surface area (TPSA) is 72.9 Å². The molecule has 154 valence electrons. The number of benzene rings is 1. The Balaban J connectivity index is 1.64. The number of nitrogens with zero attached hydrogens (tertiary/aromatic N) is 6. The molecule has 1 aliphatic heterocycles. The van der Waals surface area contributed by atoms with E-state index in [1.807, 2.05) is 0 Å². The van der Waals surface area contributed by atoms with Gasteiger partial charge in [-0.1, -0.05) is 41.5 Å². The van der Waals surface area contributed by atoms with Crippen LogP contribution in [0.5, 0.6) is 0 Å². The quantitative estimate of drug-likeness (QED) is 0.518. The maximum atomic E-state index is 5.49. The van der Waals surface area contributed by atoms with Gasteiger partial charge in [0.15, 0.2) is 11.0 Å². The molecule has 3 heterocycles. The second kappa shape index (κ2) is 8.98. The molecule has 1 aliphatic rings. The highest BCUT2D eigenvalue weighted by molar-refractivity contribution is 7.99. The van der Waals surface area contributed by atoms with Crippen LogP contribution in [-0.4, -0.2) is 38.0 Å². The Morgan fingerprint density at radius 1 is 1.10 bits per heavy atom. The average Bonchev–Trinajstić information content (AvgIpc) is 3.37. The van der Waals surface area contributed by atoms with Crippen LogP contribution >= 0.6 is 11.8 Å². The molecule has 1 unspecified atom stereocenters. The molecule has 0 aliphatic carbocycles. The number of anilines is 1. The van der Waals surface area contributed by atoms with Crippen molar-refractivity contribution in [1.29, 1.82) is 0 Å². The number of aromatic nitrogens is 5. The van der Waals surface area contributed by atoms with Crippen molar-refractivity contribution in [2.75, 3.05) is 18.0 Å². The summed E-state index contributed by atoms with van der Waals surface area (Å²) in [5, 5.41) is 14.0. The van der Waals surface area contributed by atoms with E-state index in [-0.39, 0.29) is 5.25 Å². The Morgan fingerprint density at radius 2 is 1.86 bits per heavy atom. The molecule has 0 spiro atoms. The lowest BCUT2D eigenvalue weighted by molar-refractivity contribution is 0.374. The monoisotopic (exact) mass is 412 g/mol. The van der Waals surface area contributed by atoms with Gasteiger partial charge in [-0.2, -0.15) is 4.98 Å². The molecule has 1 aromatic carbocycles. The summed E-state index contributed by atoms with van der Waals surface area (Å²) in [6.07, 6.45) is 5.51. The molecule has 0 bridgehead atoms. The summed E-state index contributed by atoms with van der Waals surface area (Å²) in [6.45, 7) is 8.33. The van der Waals surface area contributed by atoms with Gasteiger partial charge in [-0.05, 0) is 51.7 Å². The van der Waals surface area contributed by atoms with Crippen molar-refractivity contribution in [2.45, 2.75) is 63.3 Å². The van der Waals surface area contributed by atoms with Crippen LogP contribution in [0.25, 0.3) is 5.69 Å². The third kappa shape index (κ3) is 4.47. The van der Waals surface area contributed by atoms with Crippen LogP contribution in [0.4, 0.5) is 5.95 Å². The fourth-order valence-corrected chi connectivity index (χ4v) is 4.42. The molecule has 1 saturated heterocycles. The van der Waals surface area contributed by atoms with Crippen LogP contribution in [0.2, 0.25) is 0 Å². The number of piperidine rings is 1. The van der Waals surface area contributed by atoms with Crippen molar-refractivity contribution >= 4 is 17.7 Å². The highest BCUT2D eigenvalue weighted by Gasteiger charge is 2.24. The summed E-state index contributed by atoms with van der Waals surface area (Å²) < 4.78 is 7.65. The lowest BCUT2D eigenvalue weighted by Crippen LogP contribution is -2.31. The third-order valence-electron chi connectivity index (χ3n) is 5.13. The minimum absolute atomic E-state index is 0.00397. The first-order valence-corrected chi connectivity index (χ1v) is 11.3. The van der Waals surface area contributed by atoms with Gasteiger partial charge in [0, 0.05) is 19.5 Å². The van der Waals surface area contributed by atoms with Crippen LogP contribution < -0.4 is 4.90 Å². The molecular formula is C21H28N6OS. The zero-order chi connectivity index (χ0) is 20.2. The smallest absolute Gasteiger partial charge is 0.239 e. The van der Waals surface area contributed by atoms with Gasteiger partial charge in [-0.15, -0.1) is 10.2 Å². The lowest BCUT2D eigenvalue weighted by Gasteiger charge is -2.28. The first kappa shape index (κ1) is 19.9. The summed E-state index contributed by atoms with van der Waals surface area (Å²) in [7, 11) is 0. The SMILES string of the molecule is CCCc1noc(C(C)Sc2nnc(N3CCCCC3)n2-c2ccc(C)cc2)n1. The van der Waals surface area contributed by atoms with Gasteiger partial charge in [0.25, 0.3) is 0 Å². The predicted molar refractivity (Wildman–Crippen MR) is 115 cm³/mol. The first-order chi connectivity index (χ1) is 14.2. The van der Waals surface area contributed by atoms with Crippen LogP contribution in [0.15, 0.2) is 33.9 Å². The number of hydrogen-bond acceptors (Lipinski definition) is 7. The van der Waals surface area contributed by atoms with Crippen LogP contribution in [0, 0.1) is 6.92 Å². The van der Waals surface area contributed by atoms with E-state index in [1.165, 1.54) is 24.8 Å². The molecular weight excluding hydrogens is 384 g/mol. The number of thioether (sulfide) groups is 1. The van der Waals surface area contributed by atoms with Crippen molar-refractivity contribution in [3.63, 3.8) is 0 Å². The van der Waals surface area contributed by atoms with E-state index in [0.717, 1.165) is 48.5 Å². The van der Waals surface area contributed by atoms with E-state index >= 15 is 0 Å². The molecule has 7 nitrogen and oxygen atoms in total. The maximum Gasteiger partial charge on any atom is 0.239 e. The Hall–Kier alpha value is -2.35. The molecule has 0 N–H and O–H groups in total. The van der Waals surface area contributed by atoms with Gasteiger partial charge in [-0.3, -0.25) is 4.57 Å². The van der Waals surface area contributed by atoms with Crippen molar-refractivity contribution in [3.8, 4) is 5.69 Å². The molecule has 2 aromatic heterocycles. The minimum Gasteiger partial charge on any atom is -0.341 e. The normalized spacial score (nSPS) is 15.6. The molecule has 4 rings (SSSR count). The molecule has 3 aromatic rings. The highest BCUT2D eigenvalue weighted by Crippen LogP contribution is 2.36. The Bertz CT molecular complexity index is 929. The molecule has 8 heteroatoms. The van der Waals surface area contributed by atoms with E-state index in [4.69, 9.17) is 4.52 Å². The predicted octanol–water partition coefficient (Wildman–Crippen LogP) is 4.75. The minimum atomic E-state index is -0.00397. The second-order valence-electron chi connectivity index (χ2n) is 7.56. The van der Waals surface area contributed by atoms with Gasteiger partial charge in [0.05, 0.1) is 10.9 Å². The van der Waals surface area contributed by atoms with Gasteiger partial charge in [0.1, 0.15) is 0 Å². The molecule has 1 atom stereocenters. The van der Waals surface area contributed by atoms with Gasteiger partial charge in [0.2, 0.25) is 11.8 Å². The zero-order valence-corrected chi connectivity index (χ0v) is 18.2. The van der Waals surface area contributed by atoms with Gasteiger partial charge < -0.3 is 9.42 Å². The standard InChI is InChI=1S/C21H28N6OS/c1-4-8-18-22-19(28-25-18)16(3)29-21-24-23-20(26-13-6-5-7-14-26)27(21)17-11-9-15(2)10-12-17/h9-12,16H,4-8,13-14H2,1-3H3. The lowest BCUT2D eigenvalue weighted by atomic mass is 10.1. The fraction of sp³-hybridized carbons (Fsp3) is 0.524. The maximum absolute atomic E-state index is 5.49. The summed E-state index contributed by atoms with van der Waals surface area (Å²) >= 11 is 1.61. The van der Waals surface area contributed by atoms with E-state index in [0.29, 0.717) is 5.89 Å². The Labute approximate surface area is 175 Å². The van der Waals surface area contributed by atoms with Crippen LogP contribution in [0.3, 0.4) is 0 Å². The summed E-state index contributed by atoms with van der Waals surface area (Å²) in [5.74, 6) is 2.32. The highest BCUT2D eigenvalue weighted by atomic mass is 32.2. The Morgan fingerprint density at radius 3 is 2.59 bits per heavy atom. The molecule has 0 amide bonds. The average molecular weight is 413 g/mol. The number of rotatable bonds is 7. The van der Waals surface area contributed by atoms with E-state index < -0.39 is 0 Å². The number of hydrogen-bond donors (Lipinski definition) is 0. The van der Waals surface area contributed by atoms with Gasteiger partial charge >= 0.3 is 0 Å². The van der Waals surface area contributed by atoms with E-state index in [1.54, 1.807) is 11.8 Å². The summed E-state index contributed by atoms with van der Waals surface area (Å²) in [5.41, 5.74) is 2.31. The van der Waals surface area contributed by atoms with Gasteiger partial charge in [-0.25, -0.2) is 0 Å². The molecule has 0 saturated carbocycles. The molecule has 0 radical (unpaired) electrons. The van der Waals surface area contributed by atoms with Crippen molar-refractivity contribution in [1.82, 2.24) is 24.9 Å².